The summed E-state index contributed by atoms with van der Waals surface area (Å²) in [4.78, 5) is 0. The van der Waals surface area contributed by atoms with Gasteiger partial charge in [-0.25, -0.2) is 8.93 Å². The average molecular weight is 344 g/mol. The van der Waals surface area contributed by atoms with Crippen LogP contribution in [0.1, 0.15) is 39.3 Å². The fourth-order valence-electron chi connectivity index (χ4n) is 1.40. The van der Waals surface area contributed by atoms with Gasteiger partial charge in [0.2, 0.25) is 0 Å². The van der Waals surface area contributed by atoms with Gasteiger partial charge >= 0.3 is 6.36 Å². The summed E-state index contributed by atoms with van der Waals surface area (Å²) >= 11 is 5.78. The molecule has 1 aromatic carbocycles. The van der Waals surface area contributed by atoms with Crippen LogP contribution in [0, 0.1) is 0 Å². The van der Waals surface area contributed by atoms with E-state index in [1.54, 1.807) is 6.92 Å². The summed E-state index contributed by atoms with van der Waals surface area (Å²) < 4.78 is 54.7. The molecule has 1 aromatic rings. The maximum absolute atomic E-state index is 12.2. The Morgan fingerprint density at radius 2 is 1.86 bits per heavy atom. The van der Waals surface area contributed by atoms with Crippen LogP contribution in [0.3, 0.4) is 0 Å². The van der Waals surface area contributed by atoms with Crippen LogP contribution in [-0.2, 0) is 11.0 Å². The Bertz CT molecular complexity index is 529. The monoisotopic (exact) mass is 343 g/mol. The van der Waals surface area contributed by atoms with E-state index in [9.17, 15) is 17.4 Å². The summed E-state index contributed by atoms with van der Waals surface area (Å²) in [5.74, 6) is -0.461. The molecule has 0 heterocycles. The van der Waals surface area contributed by atoms with E-state index in [-0.39, 0.29) is 11.1 Å². The highest BCUT2D eigenvalue weighted by atomic mass is 35.5. The number of benzene rings is 1. The highest BCUT2D eigenvalue weighted by Gasteiger charge is 2.32. The first-order valence-corrected chi connectivity index (χ1v) is 7.66. The predicted molar refractivity (Wildman–Crippen MR) is 77.6 cm³/mol. The summed E-state index contributed by atoms with van der Waals surface area (Å²) in [6.45, 7) is 7.20. The van der Waals surface area contributed by atoms with Gasteiger partial charge in [-0.1, -0.05) is 17.7 Å². The van der Waals surface area contributed by atoms with Crippen molar-refractivity contribution < 1.29 is 22.1 Å². The quantitative estimate of drug-likeness (QED) is 0.882. The molecule has 0 aliphatic carbocycles. The van der Waals surface area contributed by atoms with Crippen molar-refractivity contribution in [2.75, 3.05) is 0 Å². The average Bonchev–Trinajstić information content (AvgIpc) is 2.28. The Hall–Kier alpha value is -0.790. The van der Waals surface area contributed by atoms with E-state index in [0.717, 1.165) is 6.07 Å². The van der Waals surface area contributed by atoms with Crippen molar-refractivity contribution >= 4 is 22.6 Å². The van der Waals surface area contributed by atoms with Crippen molar-refractivity contribution in [3.05, 3.63) is 28.8 Å². The molecular weight excluding hydrogens is 327 g/mol. The van der Waals surface area contributed by atoms with Crippen molar-refractivity contribution in [2.24, 2.45) is 0 Å². The van der Waals surface area contributed by atoms with Crippen LogP contribution in [0.2, 0.25) is 5.02 Å². The second-order valence-electron chi connectivity index (χ2n) is 5.46. The normalized spacial score (nSPS) is 15.6. The molecule has 1 N–H and O–H groups in total. The number of nitrogens with one attached hydrogen (secondary N) is 1. The standard InChI is InChI=1S/C13H17ClF3NO2S/c1-8(18-21(19)12(2,3)4)9-5-6-11(10(14)7-9)20-13(15,16)17/h5-8,18H,1-4H3/t8-,21?/m1/s1. The van der Waals surface area contributed by atoms with Crippen molar-refractivity contribution in [3.63, 3.8) is 0 Å². The minimum atomic E-state index is -4.79. The Balaban J connectivity index is 2.86. The molecule has 1 unspecified atom stereocenters. The molecule has 2 atom stereocenters. The van der Waals surface area contributed by atoms with Crippen molar-refractivity contribution in [3.8, 4) is 5.75 Å². The molecule has 0 aliphatic rings. The van der Waals surface area contributed by atoms with Gasteiger partial charge < -0.3 is 4.74 Å². The Morgan fingerprint density at radius 3 is 2.29 bits per heavy atom. The first kappa shape index (κ1) is 18.3. The summed E-state index contributed by atoms with van der Waals surface area (Å²) in [6, 6.07) is 3.62. The zero-order valence-corrected chi connectivity index (χ0v) is 13.6. The van der Waals surface area contributed by atoms with Crippen LogP contribution in [0.4, 0.5) is 13.2 Å². The molecule has 0 spiro atoms. The lowest BCUT2D eigenvalue weighted by molar-refractivity contribution is -0.274. The van der Waals surface area contributed by atoms with Gasteiger partial charge in [0.15, 0.2) is 0 Å². The molecule has 0 saturated carbocycles. The zero-order valence-electron chi connectivity index (χ0n) is 12.0. The van der Waals surface area contributed by atoms with Crippen LogP contribution >= 0.6 is 11.6 Å². The molecule has 0 aromatic heterocycles. The molecule has 120 valence electrons. The predicted octanol–water partition coefficient (Wildman–Crippen LogP) is 4.35. The number of rotatable bonds is 4. The van der Waals surface area contributed by atoms with Crippen LogP contribution in [0.5, 0.6) is 5.75 Å². The molecule has 21 heavy (non-hydrogen) atoms. The minimum Gasteiger partial charge on any atom is -0.404 e. The SMILES string of the molecule is C[C@@H](NS(=O)C(C)(C)C)c1ccc(OC(F)(F)F)c(Cl)c1. The second kappa shape index (κ2) is 6.54. The highest BCUT2D eigenvalue weighted by Crippen LogP contribution is 2.32. The number of alkyl halides is 3. The summed E-state index contributed by atoms with van der Waals surface area (Å²) in [7, 11) is -1.30. The van der Waals surface area contributed by atoms with Gasteiger partial charge in [-0.2, -0.15) is 0 Å². The topological polar surface area (TPSA) is 38.3 Å². The van der Waals surface area contributed by atoms with Gasteiger partial charge in [0.1, 0.15) is 5.75 Å². The lowest BCUT2D eigenvalue weighted by Crippen LogP contribution is -2.34. The molecule has 0 amide bonds. The van der Waals surface area contributed by atoms with E-state index in [1.165, 1.54) is 12.1 Å². The van der Waals surface area contributed by atoms with Crippen LogP contribution in [-0.4, -0.2) is 15.3 Å². The first-order chi connectivity index (χ1) is 9.40. The Labute approximate surface area is 129 Å². The summed E-state index contributed by atoms with van der Waals surface area (Å²) in [5.41, 5.74) is 0.618. The van der Waals surface area contributed by atoms with E-state index >= 15 is 0 Å². The fraction of sp³-hybridized carbons (Fsp3) is 0.538. The number of halogens is 4. The number of hydrogen-bond donors (Lipinski definition) is 1. The number of ether oxygens (including phenoxy) is 1. The zero-order chi connectivity index (χ0) is 16.4. The van der Waals surface area contributed by atoms with Gasteiger partial charge in [0.05, 0.1) is 20.8 Å². The molecule has 0 saturated heterocycles. The van der Waals surface area contributed by atoms with Crippen molar-refractivity contribution in [1.82, 2.24) is 4.72 Å². The van der Waals surface area contributed by atoms with Crippen molar-refractivity contribution in [1.29, 1.82) is 0 Å². The maximum atomic E-state index is 12.2. The second-order valence-corrected chi connectivity index (χ2v) is 7.86. The van der Waals surface area contributed by atoms with Gasteiger partial charge in [-0.05, 0) is 45.4 Å². The van der Waals surface area contributed by atoms with Crippen LogP contribution < -0.4 is 9.46 Å². The summed E-state index contributed by atoms with van der Waals surface area (Å²) in [6.07, 6.45) is -4.79. The molecule has 0 bridgehead atoms. The van der Waals surface area contributed by atoms with E-state index < -0.39 is 27.8 Å². The Morgan fingerprint density at radius 1 is 1.29 bits per heavy atom. The lowest BCUT2D eigenvalue weighted by atomic mass is 10.1. The third-order valence-corrected chi connectivity index (χ3v) is 4.50. The van der Waals surface area contributed by atoms with Gasteiger partial charge in [-0.15, -0.1) is 13.2 Å². The molecule has 8 heteroatoms. The van der Waals surface area contributed by atoms with Crippen LogP contribution in [0.25, 0.3) is 0 Å². The lowest BCUT2D eigenvalue weighted by Gasteiger charge is -2.22. The number of hydrogen-bond acceptors (Lipinski definition) is 2. The molecule has 0 radical (unpaired) electrons. The Kier molecular flexibility index (Phi) is 5.69. The molecular formula is C13H17ClF3NO2S. The van der Waals surface area contributed by atoms with Gasteiger partial charge in [-0.3, -0.25) is 0 Å². The molecule has 0 fully saturated rings. The van der Waals surface area contributed by atoms with Crippen LogP contribution in [0.15, 0.2) is 18.2 Å². The highest BCUT2D eigenvalue weighted by molar-refractivity contribution is 7.84. The largest absolute Gasteiger partial charge is 0.573 e. The molecule has 0 aliphatic heterocycles. The van der Waals surface area contributed by atoms with Gasteiger partial charge in [0.25, 0.3) is 0 Å². The first-order valence-electron chi connectivity index (χ1n) is 6.13. The van der Waals surface area contributed by atoms with E-state index in [4.69, 9.17) is 11.6 Å². The molecule has 3 nitrogen and oxygen atoms in total. The maximum Gasteiger partial charge on any atom is 0.573 e. The van der Waals surface area contributed by atoms with Crippen molar-refractivity contribution in [2.45, 2.75) is 44.8 Å². The van der Waals surface area contributed by atoms with Gasteiger partial charge in [0, 0.05) is 6.04 Å². The van der Waals surface area contributed by atoms with E-state index in [2.05, 4.69) is 9.46 Å². The minimum absolute atomic E-state index is 0.153. The molecule has 1 rings (SSSR count). The smallest absolute Gasteiger partial charge is 0.404 e. The van der Waals surface area contributed by atoms with E-state index in [0.29, 0.717) is 5.56 Å². The third-order valence-electron chi connectivity index (χ3n) is 2.52. The van der Waals surface area contributed by atoms with E-state index in [1.807, 2.05) is 20.8 Å². The summed E-state index contributed by atoms with van der Waals surface area (Å²) in [5, 5.41) is -0.153. The fourth-order valence-corrected chi connectivity index (χ4v) is 2.44. The third kappa shape index (κ3) is 5.84.